The summed E-state index contributed by atoms with van der Waals surface area (Å²) in [6.45, 7) is 2.23. The molecule has 0 fully saturated rings. The summed E-state index contributed by atoms with van der Waals surface area (Å²) in [6.07, 6.45) is 0. The van der Waals surface area contributed by atoms with Gasteiger partial charge in [0.1, 0.15) is 12.4 Å². The van der Waals surface area contributed by atoms with Crippen molar-refractivity contribution in [3.8, 4) is 5.75 Å². The average Bonchev–Trinajstić information content (AvgIpc) is 2.18. The Hall–Kier alpha value is -0.480. The second-order valence-electron chi connectivity index (χ2n) is 3.50. The van der Waals surface area contributed by atoms with Crippen molar-refractivity contribution >= 4 is 24.8 Å². The Morgan fingerprint density at radius 1 is 1.12 bits per heavy atom. The van der Waals surface area contributed by atoms with Crippen LogP contribution in [0.2, 0.25) is 0 Å². The minimum Gasteiger partial charge on any atom is -0.492 e. The van der Waals surface area contributed by atoms with E-state index in [1.54, 1.807) is 0 Å². The van der Waals surface area contributed by atoms with Gasteiger partial charge in [-0.15, -0.1) is 24.8 Å². The first-order chi connectivity index (χ1) is 6.72. The quantitative estimate of drug-likeness (QED) is 0.886. The van der Waals surface area contributed by atoms with Crippen LogP contribution in [0.25, 0.3) is 0 Å². The van der Waals surface area contributed by atoms with Gasteiger partial charge in [-0.05, 0) is 31.8 Å². The summed E-state index contributed by atoms with van der Waals surface area (Å²) in [4.78, 5) is 2.09. The lowest BCUT2D eigenvalue weighted by Crippen LogP contribution is -2.19. The fraction of sp³-hybridized carbons (Fsp3) is 0.455. The Kier molecular flexibility index (Phi) is 10.9. The van der Waals surface area contributed by atoms with E-state index in [0.29, 0.717) is 6.54 Å². The number of ether oxygens (including phenoxy) is 1. The van der Waals surface area contributed by atoms with E-state index in [2.05, 4.69) is 4.90 Å². The number of nitrogens with zero attached hydrogens (tertiary/aromatic N) is 1. The number of halogens is 2. The Morgan fingerprint density at radius 2 is 1.69 bits per heavy atom. The van der Waals surface area contributed by atoms with Gasteiger partial charge in [0, 0.05) is 13.1 Å². The molecular weight excluding hydrogens is 247 g/mol. The second kappa shape index (κ2) is 9.73. The van der Waals surface area contributed by atoms with E-state index in [0.717, 1.165) is 24.5 Å². The van der Waals surface area contributed by atoms with E-state index in [4.69, 9.17) is 10.5 Å². The number of likely N-dealkylation sites (N-methyl/N-ethyl adjacent to an activating group) is 1. The molecule has 0 aliphatic heterocycles. The second-order valence-corrected chi connectivity index (χ2v) is 3.50. The molecule has 1 rings (SSSR count). The summed E-state index contributed by atoms with van der Waals surface area (Å²) >= 11 is 0. The molecule has 0 unspecified atom stereocenters. The highest BCUT2D eigenvalue weighted by atomic mass is 35.5. The van der Waals surface area contributed by atoms with E-state index in [1.165, 1.54) is 0 Å². The molecule has 0 aliphatic rings. The van der Waals surface area contributed by atoms with Crippen LogP contribution in [0.3, 0.4) is 0 Å². The molecule has 0 radical (unpaired) electrons. The Labute approximate surface area is 110 Å². The highest BCUT2D eigenvalue weighted by Gasteiger charge is 1.94. The van der Waals surface area contributed by atoms with Crippen LogP contribution in [0, 0.1) is 0 Å². The van der Waals surface area contributed by atoms with Gasteiger partial charge in [0.2, 0.25) is 0 Å². The zero-order valence-corrected chi connectivity index (χ0v) is 11.3. The van der Waals surface area contributed by atoms with Gasteiger partial charge in [0.15, 0.2) is 0 Å². The Balaban J connectivity index is 0. The first kappa shape index (κ1) is 17.9. The van der Waals surface area contributed by atoms with E-state index in [9.17, 15) is 0 Å². The Morgan fingerprint density at radius 3 is 2.12 bits per heavy atom. The molecule has 94 valence electrons. The number of hydrogen-bond donors (Lipinski definition) is 1. The normalized spacial score (nSPS) is 9.25. The molecule has 0 saturated carbocycles. The van der Waals surface area contributed by atoms with Crippen LogP contribution in [0.15, 0.2) is 24.3 Å². The molecule has 3 nitrogen and oxygen atoms in total. The van der Waals surface area contributed by atoms with Crippen LogP contribution < -0.4 is 10.5 Å². The van der Waals surface area contributed by atoms with Gasteiger partial charge in [0.05, 0.1) is 0 Å². The third-order valence-corrected chi connectivity index (χ3v) is 1.97. The zero-order valence-electron chi connectivity index (χ0n) is 9.68. The summed E-state index contributed by atoms with van der Waals surface area (Å²) in [6, 6.07) is 7.89. The van der Waals surface area contributed by atoms with Gasteiger partial charge >= 0.3 is 0 Å². The lowest BCUT2D eigenvalue weighted by Gasteiger charge is -2.11. The van der Waals surface area contributed by atoms with Gasteiger partial charge in [-0.3, -0.25) is 0 Å². The van der Waals surface area contributed by atoms with Crippen molar-refractivity contribution in [2.45, 2.75) is 6.54 Å². The van der Waals surface area contributed by atoms with Crippen LogP contribution in [0.5, 0.6) is 5.75 Å². The van der Waals surface area contributed by atoms with E-state index < -0.39 is 0 Å². The molecule has 1 aromatic carbocycles. The van der Waals surface area contributed by atoms with E-state index in [-0.39, 0.29) is 24.8 Å². The predicted molar refractivity (Wildman–Crippen MR) is 72.9 cm³/mol. The maximum absolute atomic E-state index is 5.53. The number of nitrogens with two attached hydrogens (primary N) is 1. The van der Waals surface area contributed by atoms with Crippen molar-refractivity contribution in [1.29, 1.82) is 0 Å². The Bertz CT molecular complexity index is 265. The molecule has 1 aromatic rings. The van der Waals surface area contributed by atoms with Gasteiger partial charge in [-0.1, -0.05) is 12.1 Å². The lowest BCUT2D eigenvalue weighted by atomic mass is 10.2. The highest BCUT2D eigenvalue weighted by molar-refractivity contribution is 5.85. The van der Waals surface area contributed by atoms with Crippen LogP contribution in [0.1, 0.15) is 5.56 Å². The maximum Gasteiger partial charge on any atom is 0.119 e. The number of benzene rings is 1. The fourth-order valence-corrected chi connectivity index (χ4v) is 1.07. The number of hydrogen-bond acceptors (Lipinski definition) is 3. The third kappa shape index (κ3) is 6.90. The summed E-state index contributed by atoms with van der Waals surface area (Å²) in [5.41, 5.74) is 6.62. The summed E-state index contributed by atoms with van der Waals surface area (Å²) in [5.74, 6) is 0.907. The molecular formula is C11H20Cl2N2O. The van der Waals surface area contributed by atoms with Crippen molar-refractivity contribution < 1.29 is 4.74 Å². The van der Waals surface area contributed by atoms with Crippen LogP contribution in [-0.4, -0.2) is 32.1 Å². The van der Waals surface area contributed by atoms with Gasteiger partial charge in [-0.2, -0.15) is 0 Å². The van der Waals surface area contributed by atoms with Crippen molar-refractivity contribution in [2.24, 2.45) is 5.73 Å². The van der Waals surface area contributed by atoms with Gasteiger partial charge in [-0.25, -0.2) is 0 Å². The summed E-state index contributed by atoms with van der Waals surface area (Å²) < 4.78 is 5.53. The molecule has 2 N–H and O–H groups in total. The number of rotatable bonds is 5. The molecule has 0 heterocycles. The zero-order chi connectivity index (χ0) is 10.4. The van der Waals surface area contributed by atoms with Gasteiger partial charge in [0.25, 0.3) is 0 Å². The van der Waals surface area contributed by atoms with Crippen LogP contribution >= 0.6 is 24.8 Å². The minimum atomic E-state index is 0. The molecule has 0 aromatic heterocycles. The smallest absolute Gasteiger partial charge is 0.119 e. The first-order valence-electron chi connectivity index (χ1n) is 4.79. The molecule has 0 aliphatic carbocycles. The lowest BCUT2D eigenvalue weighted by molar-refractivity contribution is 0.261. The fourth-order valence-electron chi connectivity index (χ4n) is 1.07. The largest absolute Gasteiger partial charge is 0.492 e. The predicted octanol–water partition coefficient (Wildman–Crippen LogP) is 1.93. The van der Waals surface area contributed by atoms with Crippen molar-refractivity contribution in [3.05, 3.63) is 29.8 Å². The van der Waals surface area contributed by atoms with Crippen molar-refractivity contribution in [2.75, 3.05) is 27.2 Å². The summed E-state index contributed by atoms with van der Waals surface area (Å²) in [7, 11) is 4.06. The standard InChI is InChI=1S/C11H18N2O.2ClH/c1-13(2)7-8-14-11-5-3-10(9-12)4-6-11;;/h3-6H,7-9,12H2,1-2H3;2*1H. The topological polar surface area (TPSA) is 38.5 Å². The SMILES string of the molecule is CN(C)CCOc1ccc(CN)cc1.Cl.Cl. The molecule has 5 heteroatoms. The molecule has 0 amide bonds. The van der Waals surface area contributed by atoms with Crippen molar-refractivity contribution in [1.82, 2.24) is 4.90 Å². The summed E-state index contributed by atoms with van der Waals surface area (Å²) in [5, 5.41) is 0. The molecule has 0 spiro atoms. The molecule has 0 bridgehead atoms. The third-order valence-electron chi connectivity index (χ3n) is 1.97. The van der Waals surface area contributed by atoms with Crippen LogP contribution in [0.4, 0.5) is 0 Å². The van der Waals surface area contributed by atoms with E-state index >= 15 is 0 Å². The molecule has 0 saturated heterocycles. The van der Waals surface area contributed by atoms with E-state index in [1.807, 2.05) is 38.4 Å². The minimum absolute atomic E-state index is 0. The monoisotopic (exact) mass is 266 g/mol. The van der Waals surface area contributed by atoms with Crippen LogP contribution in [-0.2, 0) is 6.54 Å². The highest BCUT2D eigenvalue weighted by Crippen LogP contribution is 2.11. The first-order valence-corrected chi connectivity index (χ1v) is 4.79. The van der Waals surface area contributed by atoms with Crippen molar-refractivity contribution in [3.63, 3.8) is 0 Å². The average molecular weight is 267 g/mol. The maximum atomic E-state index is 5.53. The molecule has 16 heavy (non-hydrogen) atoms. The molecule has 0 atom stereocenters. The van der Waals surface area contributed by atoms with Gasteiger partial charge < -0.3 is 15.4 Å².